The number of nitrogens with one attached hydrogen (secondary N) is 3. The van der Waals surface area contributed by atoms with Gasteiger partial charge in [0.1, 0.15) is 17.2 Å². The number of anilines is 1. The Morgan fingerprint density at radius 2 is 1.46 bits per heavy atom. The van der Waals surface area contributed by atoms with Crippen LogP contribution in [0.1, 0.15) is 71.6 Å². The highest BCUT2D eigenvalue weighted by atomic mass is 16.6. The number of carbonyl (C=O) groups is 4. The number of rotatable bonds is 14. The number of nitrogens with zero attached hydrogens (tertiary/aromatic N) is 2. The van der Waals surface area contributed by atoms with Gasteiger partial charge in [-0.2, -0.15) is 0 Å². The van der Waals surface area contributed by atoms with Crippen molar-refractivity contribution in [3.63, 3.8) is 0 Å². The molecule has 1 heterocycles. The van der Waals surface area contributed by atoms with Crippen LogP contribution in [0.25, 0.3) is 11.1 Å². The molecule has 4 rings (SSSR count). The van der Waals surface area contributed by atoms with Gasteiger partial charge < -0.3 is 30.0 Å². The van der Waals surface area contributed by atoms with E-state index in [1.807, 2.05) is 84.9 Å². The molecule has 50 heavy (non-hydrogen) atoms. The Kier molecular flexibility index (Phi) is 12.5. The molecule has 11 nitrogen and oxygen atoms in total. The summed E-state index contributed by atoms with van der Waals surface area (Å²) in [5.74, 6) is -1.33. The lowest BCUT2D eigenvalue weighted by molar-refractivity contribution is -0.145. The molecule has 3 N–H and O–H groups in total. The van der Waals surface area contributed by atoms with Crippen LogP contribution in [-0.4, -0.2) is 57.2 Å². The Morgan fingerprint density at radius 3 is 2.08 bits per heavy atom. The second kappa shape index (κ2) is 16.8. The van der Waals surface area contributed by atoms with E-state index in [0.29, 0.717) is 24.8 Å². The number of aryl methyl sites for hydroxylation is 1. The summed E-state index contributed by atoms with van der Waals surface area (Å²) in [6, 6.07) is 25.6. The van der Waals surface area contributed by atoms with E-state index in [2.05, 4.69) is 20.9 Å². The van der Waals surface area contributed by atoms with E-state index < -0.39 is 47.1 Å². The van der Waals surface area contributed by atoms with Crippen molar-refractivity contribution in [2.24, 2.45) is 0 Å². The second-order valence-corrected chi connectivity index (χ2v) is 13.5. The molecule has 0 saturated heterocycles. The molecule has 3 aromatic carbocycles. The average molecular weight is 682 g/mol. The zero-order chi connectivity index (χ0) is 36.3. The number of hydrogen-bond acceptors (Lipinski definition) is 7. The number of carbonyl (C=O) groups excluding carboxylic acids is 4. The lowest BCUT2D eigenvalue weighted by Crippen LogP contribution is -2.58. The fraction of sp³-hybridized carbons (Fsp3) is 0.359. The molecule has 0 fully saturated rings. The number of aromatic nitrogens is 2. The Balaban J connectivity index is 1.51. The first-order chi connectivity index (χ1) is 23.8. The Hall–Kier alpha value is -5.45. The predicted molar refractivity (Wildman–Crippen MR) is 192 cm³/mol. The van der Waals surface area contributed by atoms with Crippen LogP contribution >= 0.6 is 0 Å². The van der Waals surface area contributed by atoms with Crippen LogP contribution in [0, 0.1) is 0 Å². The molecule has 11 heteroatoms. The Labute approximate surface area is 293 Å². The van der Waals surface area contributed by atoms with E-state index in [4.69, 9.17) is 9.47 Å². The van der Waals surface area contributed by atoms with Crippen molar-refractivity contribution >= 4 is 29.7 Å². The lowest BCUT2D eigenvalue weighted by Gasteiger charge is -2.29. The van der Waals surface area contributed by atoms with Gasteiger partial charge in [-0.05, 0) is 83.1 Å². The van der Waals surface area contributed by atoms with Gasteiger partial charge in [0, 0.05) is 6.20 Å². The molecule has 0 bridgehead atoms. The third-order valence-corrected chi connectivity index (χ3v) is 7.80. The Morgan fingerprint density at radius 1 is 0.840 bits per heavy atom. The molecule has 4 aromatic rings. The van der Waals surface area contributed by atoms with Crippen molar-refractivity contribution in [2.45, 2.75) is 84.0 Å². The minimum atomic E-state index is -1.38. The highest BCUT2D eigenvalue weighted by Crippen LogP contribution is 2.26. The van der Waals surface area contributed by atoms with Gasteiger partial charge in [-0.15, -0.1) is 0 Å². The number of imidazole rings is 1. The lowest BCUT2D eigenvalue weighted by atomic mass is 10.0. The summed E-state index contributed by atoms with van der Waals surface area (Å²) >= 11 is 0. The largest absolute Gasteiger partial charge is 0.464 e. The number of amides is 3. The predicted octanol–water partition coefficient (Wildman–Crippen LogP) is 6.45. The first kappa shape index (κ1) is 37.4. The van der Waals surface area contributed by atoms with Crippen molar-refractivity contribution in [1.82, 2.24) is 20.2 Å². The maximum Gasteiger partial charge on any atom is 0.408 e. The van der Waals surface area contributed by atoms with E-state index in [0.717, 1.165) is 16.7 Å². The molecule has 3 amide bonds. The summed E-state index contributed by atoms with van der Waals surface area (Å²) in [5, 5.41) is 8.20. The van der Waals surface area contributed by atoms with Gasteiger partial charge >= 0.3 is 12.1 Å². The summed E-state index contributed by atoms with van der Waals surface area (Å²) in [5.41, 5.74) is 1.70. The van der Waals surface area contributed by atoms with E-state index in [1.165, 1.54) is 20.2 Å². The number of alkyl carbamates (subject to hydrolysis) is 1. The zero-order valence-electron chi connectivity index (χ0n) is 29.6. The first-order valence-corrected chi connectivity index (χ1v) is 16.8. The zero-order valence-corrected chi connectivity index (χ0v) is 29.6. The average Bonchev–Trinajstić information content (AvgIpc) is 3.52. The minimum Gasteiger partial charge on any atom is -0.464 e. The van der Waals surface area contributed by atoms with Crippen molar-refractivity contribution in [3.8, 4) is 11.1 Å². The number of hydrogen-bond donors (Lipinski definition) is 3. The van der Waals surface area contributed by atoms with Gasteiger partial charge in [-0.3, -0.25) is 9.59 Å². The van der Waals surface area contributed by atoms with Crippen LogP contribution < -0.4 is 16.0 Å². The topological polar surface area (TPSA) is 141 Å². The maximum atomic E-state index is 13.7. The molecule has 0 aliphatic carbocycles. The minimum absolute atomic E-state index is 0.193. The molecular formula is C39H47N5O6. The van der Waals surface area contributed by atoms with Gasteiger partial charge in [0.05, 0.1) is 12.9 Å². The summed E-state index contributed by atoms with van der Waals surface area (Å²) < 4.78 is 12.3. The van der Waals surface area contributed by atoms with Gasteiger partial charge in [0.25, 0.3) is 0 Å². The van der Waals surface area contributed by atoms with Gasteiger partial charge in [-0.1, -0.05) is 84.9 Å². The molecule has 264 valence electrons. The number of ether oxygens (including phenoxy) is 2. The molecule has 0 spiro atoms. The monoisotopic (exact) mass is 681 g/mol. The van der Waals surface area contributed by atoms with Crippen LogP contribution in [0.4, 0.5) is 10.6 Å². The normalized spacial score (nSPS) is 12.7. The maximum absolute atomic E-state index is 13.7. The summed E-state index contributed by atoms with van der Waals surface area (Å²) in [7, 11) is 0. The first-order valence-electron chi connectivity index (χ1n) is 16.8. The van der Waals surface area contributed by atoms with Crippen molar-refractivity contribution in [1.29, 1.82) is 0 Å². The highest BCUT2D eigenvalue weighted by Gasteiger charge is 2.34. The van der Waals surface area contributed by atoms with Gasteiger partial charge in [0.15, 0.2) is 11.9 Å². The quantitative estimate of drug-likeness (QED) is 0.130. The second-order valence-electron chi connectivity index (χ2n) is 13.5. The molecule has 0 aliphatic heterocycles. The molecule has 1 aromatic heterocycles. The summed E-state index contributed by atoms with van der Waals surface area (Å²) in [4.78, 5) is 57.2. The third kappa shape index (κ3) is 10.8. The Bertz CT molecular complexity index is 1730. The van der Waals surface area contributed by atoms with Crippen LogP contribution in [0.15, 0.2) is 97.5 Å². The van der Waals surface area contributed by atoms with Gasteiger partial charge in [0.2, 0.25) is 11.8 Å². The SMILES string of the molecule is CCOC(=O)C(c1ccc(-c2ccccc2)cc1)n1cnc(NC(=O)C(CCCc2ccccc2)NC(=O)C(C)(C)NC(=O)OC(C)(C)C)c1. The summed E-state index contributed by atoms with van der Waals surface area (Å²) in [6.45, 7) is 10.2. The molecule has 0 radical (unpaired) electrons. The van der Waals surface area contributed by atoms with E-state index in [-0.39, 0.29) is 12.4 Å². The third-order valence-electron chi connectivity index (χ3n) is 7.80. The van der Waals surface area contributed by atoms with Crippen molar-refractivity contribution < 1.29 is 28.7 Å². The molecule has 0 aliphatic rings. The molecule has 2 unspecified atom stereocenters. The highest BCUT2D eigenvalue weighted by molar-refractivity contribution is 5.98. The van der Waals surface area contributed by atoms with Crippen LogP contribution in [0.5, 0.6) is 0 Å². The van der Waals surface area contributed by atoms with Crippen molar-refractivity contribution in [2.75, 3.05) is 11.9 Å². The molecule has 0 saturated carbocycles. The number of esters is 1. The van der Waals surface area contributed by atoms with Crippen LogP contribution in [-0.2, 0) is 30.3 Å². The van der Waals surface area contributed by atoms with E-state index >= 15 is 0 Å². The molecule has 2 atom stereocenters. The van der Waals surface area contributed by atoms with E-state index in [1.54, 1.807) is 38.5 Å². The van der Waals surface area contributed by atoms with E-state index in [9.17, 15) is 19.2 Å². The number of benzene rings is 3. The van der Waals surface area contributed by atoms with Crippen LogP contribution in [0.3, 0.4) is 0 Å². The molecular weight excluding hydrogens is 634 g/mol. The fourth-order valence-corrected chi connectivity index (χ4v) is 5.27. The van der Waals surface area contributed by atoms with Crippen LogP contribution in [0.2, 0.25) is 0 Å². The van der Waals surface area contributed by atoms with Gasteiger partial charge in [-0.25, -0.2) is 14.6 Å². The standard InChI is InChI=1S/C39H47N5O6/c1-7-49-35(46)33(30-23-21-29(22-24-30)28-18-12-9-13-19-28)44-25-32(40-26-44)42-34(45)31(20-14-17-27-15-10-8-11-16-27)41-36(47)39(5,6)43-37(48)50-38(2,3)4/h8-13,15-16,18-19,21-26,31,33H,7,14,17,20H2,1-6H3,(H,41,47)(H,42,45)(H,43,48). The summed E-state index contributed by atoms with van der Waals surface area (Å²) in [6.07, 6.45) is 3.87. The fourth-order valence-electron chi connectivity index (χ4n) is 5.27. The smallest absolute Gasteiger partial charge is 0.408 e. The van der Waals surface area contributed by atoms with Crippen molar-refractivity contribution in [3.05, 3.63) is 109 Å².